The van der Waals surface area contributed by atoms with Crippen molar-refractivity contribution in [3.63, 3.8) is 0 Å². The molecule has 2 heterocycles. The smallest absolute Gasteiger partial charge is 0.320 e. The average Bonchev–Trinajstić information content (AvgIpc) is 2.83. The molecule has 8 heteroatoms. The Morgan fingerprint density at radius 1 is 1.78 bits per heavy atom. The van der Waals surface area contributed by atoms with Crippen LogP contribution in [-0.2, 0) is 0 Å². The first kappa shape index (κ1) is 14.2. The number of rotatable bonds is 4. The van der Waals surface area contributed by atoms with Gasteiger partial charge in [0.1, 0.15) is 11.2 Å². The van der Waals surface area contributed by atoms with Gasteiger partial charge in [-0.25, -0.2) is 9.78 Å². The molecule has 0 aliphatic carbocycles. The second-order valence-corrected chi connectivity index (χ2v) is 8.11. The van der Waals surface area contributed by atoms with E-state index >= 15 is 0 Å². The molecule has 2 amide bonds. The molecule has 3 atom stereocenters. The van der Waals surface area contributed by atoms with Crippen LogP contribution in [0.25, 0.3) is 0 Å². The second-order valence-electron chi connectivity index (χ2n) is 4.11. The van der Waals surface area contributed by atoms with E-state index in [1.807, 2.05) is 6.92 Å². The summed E-state index contributed by atoms with van der Waals surface area (Å²) in [4.78, 5) is 17.8. The van der Waals surface area contributed by atoms with Crippen molar-refractivity contribution >= 4 is 49.2 Å². The molecule has 0 radical (unpaired) electrons. The summed E-state index contributed by atoms with van der Waals surface area (Å²) in [6.07, 6.45) is 1.62. The third kappa shape index (κ3) is 3.04. The maximum absolute atomic E-state index is 11.8. The van der Waals surface area contributed by atoms with E-state index in [4.69, 9.17) is 0 Å². The molecule has 2 rings (SSSR count). The summed E-state index contributed by atoms with van der Waals surface area (Å²) in [5.74, 6) is 0. The van der Waals surface area contributed by atoms with E-state index in [2.05, 4.69) is 42.2 Å². The Labute approximate surface area is 126 Å². The molecule has 1 aliphatic rings. The maximum atomic E-state index is 11.8. The van der Waals surface area contributed by atoms with E-state index < -0.39 is 6.23 Å². The van der Waals surface area contributed by atoms with Gasteiger partial charge >= 0.3 is 6.03 Å². The van der Waals surface area contributed by atoms with Crippen LogP contribution in [0.4, 0.5) is 4.79 Å². The highest BCUT2D eigenvalue weighted by atomic mass is 79.9. The van der Waals surface area contributed by atoms with Crippen molar-refractivity contribution in [2.45, 2.75) is 30.4 Å². The highest BCUT2D eigenvalue weighted by Crippen LogP contribution is 2.34. The predicted molar refractivity (Wildman–Crippen MR) is 76.8 cm³/mol. The number of halogens is 2. The Bertz CT molecular complexity index is 441. The van der Waals surface area contributed by atoms with Gasteiger partial charge in [-0.3, -0.25) is 4.90 Å². The number of thiazole rings is 1. The fraction of sp³-hybridized carbons (Fsp3) is 0.600. The monoisotopic (exact) mass is 397 g/mol. The first-order valence-corrected chi connectivity index (χ1v) is 8.01. The van der Waals surface area contributed by atoms with Gasteiger partial charge in [0, 0.05) is 4.83 Å². The minimum atomic E-state index is -0.795. The van der Waals surface area contributed by atoms with E-state index in [0.29, 0.717) is 6.42 Å². The van der Waals surface area contributed by atoms with Gasteiger partial charge in [-0.1, -0.05) is 22.9 Å². The molecule has 0 spiro atoms. The van der Waals surface area contributed by atoms with Crippen LogP contribution >= 0.6 is 43.2 Å². The molecule has 2 N–H and O–H groups in total. The highest BCUT2D eigenvalue weighted by Gasteiger charge is 2.37. The molecular formula is C10H13Br2N3O2S. The van der Waals surface area contributed by atoms with Gasteiger partial charge in [-0.15, -0.1) is 11.3 Å². The lowest BCUT2D eigenvalue weighted by Gasteiger charge is -2.28. The summed E-state index contributed by atoms with van der Waals surface area (Å²) in [6, 6.07) is -0.458. The Kier molecular flexibility index (Phi) is 4.63. The summed E-state index contributed by atoms with van der Waals surface area (Å²) >= 11 is 8.34. The van der Waals surface area contributed by atoms with E-state index in [0.717, 1.165) is 8.79 Å². The van der Waals surface area contributed by atoms with Crippen LogP contribution in [0.15, 0.2) is 9.98 Å². The van der Waals surface area contributed by atoms with Crippen LogP contribution in [-0.4, -0.2) is 38.6 Å². The molecule has 0 saturated carbocycles. The topological polar surface area (TPSA) is 65.5 Å². The van der Waals surface area contributed by atoms with Gasteiger partial charge in [-0.05, 0) is 22.4 Å². The molecule has 1 saturated heterocycles. The van der Waals surface area contributed by atoms with Crippen molar-refractivity contribution in [3.8, 4) is 0 Å². The number of nitrogens with one attached hydrogen (secondary N) is 1. The summed E-state index contributed by atoms with van der Waals surface area (Å²) in [5, 5.41) is 13.4. The number of aliphatic hydroxyl groups is 1. The van der Waals surface area contributed by atoms with Gasteiger partial charge in [0.15, 0.2) is 0 Å². The number of hydrogen-bond donors (Lipinski definition) is 2. The Morgan fingerprint density at radius 3 is 2.94 bits per heavy atom. The SMILES string of the molecule is CC(Br)CC(c1ncc(Br)s1)N1C(=O)NCC1O. The minimum Gasteiger partial charge on any atom is -0.372 e. The molecule has 5 nitrogen and oxygen atoms in total. The number of β-amino-alcohol motifs (C(OH)–C–C–N with tert-alkyl or cyclic N) is 1. The quantitative estimate of drug-likeness (QED) is 0.765. The number of carbonyl (C=O) groups is 1. The van der Waals surface area contributed by atoms with Gasteiger partial charge in [-0.2, -0.15) is 0 Å². The molecule has 18 heavy (non-hydrogen) atoms. The molecule has 0 aromatic carbocycles. The van der Waals surface area contributed by atoms with Gasteiger partial charge in [0.05, 0.1) is 22.6 Å². The fourth-order valence-corrected chi connectivity index (χ4v) is 3.63. The number of carbonyl (C=O) groups excluding carboxylic acids is 1. The molecular weight excluding hydrogens is 386 g/mol. The second kappa shape index (κ2) is 5.85. The number of aromatic nitrogens is 1. The van der Waals surface area contributed by atoms with E-state index in [-0.39, 0.29) is 23.4 Å². The van der Waals surface area contributed by atoms with E-state index in [1.54, 1.807) is 6.20 Å². The third-order valence-electron chi connectivity index (χ3n) is 2.66. The third-order valence-corrected chi connectivity index (χ3v) is 4.61. The van der Waals surface area contributed by atoms with Crippen LogP contribution < -0.4 is 5.32 Å². The Hall–Kier alpha value is -0.180. The molecule has 1 aromatic heterocycles. The van der Waals surface area contributed by atoms with Crippen LogP contribution in [0, 0.1) is 0 Å². The molecule has 1 fully saturated rings. The largest absolute Gasteiger partial charge is 0.372 e. The number of nitrogens with zero attached hydrogens (tertiary/aromatic N) is 2. The summed E-state index contributed by atoms with van der Waals surface area (Å²) < 4.78 is 0.916. The van der Waals surface area contributed by atoms with Gasteiger partial charge in [0.2, 0.25) is 0 Å². The normalized spacial score (nSPS) is 23.0. The summed E-state index contributed by atoms with van der Waals surface area (Å²) in [7, 11) is 0. The first-order chi connectivity index (χ1) is 8.49. The van der Waals surface area contributed by atoms with E-state index in [9.17, 15) is 9.90 Å². The fourth-order valence-electron chi connectivity index (χ4n) is 1.91. The lowest BCUT2D eigenvalue weighted by Crippen LogP contribution is -2.38. The Morgan fingerprint density at radius 2 is 2.50 bits per heavy atom. The highest BCUT2D eigenvalue weighted by molar-refractivity contribution is 9.11. The van der Waals surface area contributed by atoms with Crippen molar-refractivity contribution in [1.29, 1.82) is 0 Å². The number of urea groups is 1. The van der Waals surface area contributed by atoms with Crippen molar-refractivity contribution < 1.29 is 9.90 Å². The lowest BCUT2D eigenvalue weighted by atomic mass is 10.1. The maximum Gasteiger partial charge on any atom is 0.320 e. The standard InChI is InChI=1S/C10H13Br2N3O2S/c1-5(11)2-6(9-13-3-7(12)18-9)15-8(16)4-14-10(15)17/h3,5-6,8,16H,2,4H2,1H3,(H,14,17). The number of aliphatic hydroxyl groups excluding tert-OH is 1. The predicted octanol–water partition coefficient (Wildman–Crippen LogP) is 2.46. The Balaban J connectivity index is 2.27. The summed E-state index contributed by atoms with van der Waals surface area (Å²) in [5.41, 5.74) is 0. The van der Waals surface area contributed by atoms with Crippen LogP contribution in [0.5, 0.6) is 0 Å². The summed E-state index contributed by atoms with van der Waals surface area (Å²) in [6.45, 7) is 2.27. The van der Waals surface area contributed by atoms with Crippen LogP contribution in [0.3, 0.4) is 0 Å². The van der Waals surface area contributed by atoms with Gasteiger partial charge < -0.3 is 10.4 Å². The van der Waals surface area contributed by atoms with Crippen LogP contribution in [0.2, 0.25) is 0 Å². The minimum absolute atomic E-state index is 0.215. The zero-order chi connectivity index (χ0) is 13.3. The lowest BCUT2D eigenvalue weighted by molar-refractivity contribution is 0.0352. The molecule has 0 bridgehead atoms. The number of alkyl halides is 1. The van der Waals surface area contributed by atoms with Crippen molar-refractivity contribution in [2.24, 2.45) is 0 Å². The number of amides is 2. The first-order valence-electron chi connectivity index (χ1n) is 5.48. The average molecular weight is 399 g/mol. The molecule has 1 aliphatic heterocycles. The number of hydrogen-bond acceptors (Lipinski definition) is 4. The molecule has 1 aromatic rings. The van der Waals surface area contributed by atoms with Crippen molar-refractivity contribution in [3.05, 3.63) is 15.0 Å². The van der Waals surface area contributed by atoms with Crippen molar-refractivity contribution in [1.82, 2.24) is 15.2 Å². The molecule has 3 unspecified atom stereocenters. The van der Waals surface area contributed by atoms with Gasteiger partial charge in [0.25, 0.3) is 0 Å². The van der Waals surface area contributed by atoms with E-state index in [1.165, 1.54) is 16.2 Å². The van der Waals surface area contributed by atoms with Crippen molar-refractivity contribution in [2.75, 3.05) is 6.54 Å². The molecule has 100 valence electrons. The zero-order valence-electron chi connectivity index (χ0n) is 9.64. The van der Waals surface area contributed by atoms with Crippen LogP contribution in [0.1, 0.15) is 24.4 Å². The zero-order valence-corrected chi connectivity index (χ0v) is 13.6.